The summed E-state index contributed by atoms with van der Waals surface area (Å²) in [6.45, 7) is 2.05. The first-order valence-corrected chi connectivity index (χ1v) is 5.57. The second kappa shape index (κ2) is 5.10. The minimum atomic E-state index is -0.691. The van der Waals surface area contributed by atoms with Gasteiger partial charge in [0.2, 0.25) is 5.79 Å². The van der Waals surface area contributed by atoms with Crippen molar-refractivity contribution in [3.8, 4) is 23.7 Å². The molecule has 0 aliphatic carbocycles. The molecule has 0 aromatic rings. The van der Waals surface area contributed by atoms with Crippen LogP contribution in [0.1, 0.15) is 19.8 Å². The van der Waals surface area contributed by atoms with Crippen LogP contribution in [0.2, 0.25) is 0 Å². The molecule has 1 spiro atoms. The van der Waals surface area contributed by atoms with Crippen LogP contribution in [0, 0.1) is 23.7 Å². The highest BCUT2D eigenvalue weighted by atomic mass is 16.7. The summed E-state index contributed by atoms with van der Waals surface area (Å²) in [4.78, 5) is 0. The molecule has 1 saturated heterocycles. The SMILES string of the molecule is CC#CC#CC=C1C=CC2(CCC(O)CO2)O1. The van der Waals surface area contributed by atoms with Gasteiger partial charge in [0.25, 0.3) is 0 Å². The average Bonchev–Trinajstić information content (AvgIpc) is 2.73. The Morgan fingerprint density at radius 1 is 1.53 bits per heavy atom. The van der Waals surface area contributed by atoms with Gasteiger partial charge in [0.1, 0.15) is 5.76 Å². The fourth-order valence-corrected chi connectivity index (χ4v) is 1.73. The lowest BCUT2D eigenvalue weighted by Gasteiger charge is -2.33. The Balaban J connectivity index is 1.98. The number of aliphatic hydroxyl groups excluding tert-OH is 1. The lowest BCUT2D eigenvalue weighted by atomic mass is 10.0. The van der Waals surface area contributed by atoms with E-state index in [4.69, 9.17) is 9.47 Å². The standard InChI is InChI=1S/C14H14O3/c1-2-3-4-5-6-13-8-10-14(17-13)9-7-12(15)11-16-14/h6,8,10,12,15H,7,9,11H2,1H3. The van der Waals surface area contributed by atoms with Crippen LogP contribution in [0.25, 0.3) is 0 Å². The van der Waals surface area contributed by atoms with Gasteiger partial charge in [-0.1, -0.05) is 11.8 Å². The third-order valence-electron chi connectivity index (χ3n) is 2.61. The molecule has 0 radical (unpaired) electrons. The Morgan fingerprint density at radius 3 is 3.12 bits per heavy atom. The number of rotatable bonds is 0. The lowest BCUT2D eigenvalue weighted by Crippen LogP contribution is -2.39. The Kier molecular flexibility index (Phi) is 3.54. The second-order valence-electron chi connectivity index (χ2n) is 3.94. The van der Waals surface area contributed by atoms with Crippen LogP contribution in [0.5, 0.6) is 0 Å². The predicted molar refractivity (Wildman–Crippen MR) is 63.5 cm³/mol. The van der Waals surface area contributed by atoms with Gasteiger partial charge in [0.15, 0.2) is 0 Å². The first-order valence-electron chi connectivity index (χ1n) is 5.57. The predicted octanol–water partition coefficient (Wildman–Crippen LogP) is 1.35. The monoisotopic (exact) mass is 230 g/mol. The van der Waals surface area contributed by atoms with Crippen molar-refractivity contribution in [3.63, 3.8) is 0 Å². The van der Waals surface area contributed by atoms with Crippen molar-refractivity contribution in [1.82, 2.24) is 0 Å². The van der Waals surface area contributed by atoms with Gasteiger partial charge in [-0.3, -0.25) is 0 Å². The van der Waals surface area contributed by atoms with Gasteiger partial charge < -0.3 is 14.6 Å². The molecule has 0 aromatic heterocycles. The van der Waals surface area contributed by atoms with Crippen LogP contribution in [-0.2, 0) is 9.47 Å². The van der Waals surface area contributed by atoms with Gasteiger partial charge in [0.05, 0.1) is 12.7 Å². The number of aliphatic hydroxyl groups is 1. The fraction of sp³-hybridized carbons (Fsp3) is 0.429. The smallest absolute Gasteiger partial charge is 0.231 e. The number of hydrogen-bond acceptors (Lipinski definition) is 3. The molecule has 2 atom stereocenters. The van der Waals surface area contributed by atoms with Crippen LogP contribution in [-0.4, -0.2) is 23.6 Å². The Bertz CT molecular complexity index is 457. The highest BCUT2D eigenvalue weighted by molar-refractivity contribution is 5.35. The third kappa shape index (κ3) is 2.91. The van der Waals surface area contributed by atoms with Gasteiger partial charge in [0, 0.05) is 12.5 Å². The van der Waals surface area contributed by atoms with E-state index in [1.807, 2.05) is 12.2 Å². The summed E-state index contributed by atoms with van der Waals surface area (Å²) >= 11 is 0. The van der Waals surface area contributed by atoms with Crippen molar-refractivity contribution in [2.24, 2.45) is 0 Å². The van der Waals surface area contributed by atoms with E-state index < -0.39 is 5.79 Å². The lowest BCUT2D eigenvalue weighted by molar-refractivity contribution is -0.214. The maximum atomic E-state index is 9.36. The molecular weight excluding hydrogens is 216 g/mol. The van der Waals surface area contributed by atoms with Crippen LogP contribution in [0.15, 0.2) is 24.0 Å². The zero-order valence-electron chi connectivity index (χ0n) is 9.69. The van der Waals surface area contributed by atoms with Crippen molar-refractivity contribution >= 4 is 0 Å². The molecule has 0 amide bonds. The van der Waals surface area contributed by atoms with Crippen molar-refractivity contribution in [2.45, 2.75) is 31.7 Å². The van der Waals surface area contributed by atoms with Gasteiger partial charge >= 0.3 is 0 Å². The summed E-state index contributed by atoms with van der Waals surface area (Å²) in [6, 6.07) is 0. The molecule has 0 saturated carbocycles. The summed E-state index contributed by atoms with van der Waals surface area (Å²) in [7, 11) is 0. The van der Waals surface area contributed by atoms with Crippen molar-refractivity contribution < 1.29 is 14.6 Å². The minimum absolute atomic E-state index is 0.310. The van der Waals surface area contributed by atoms with E-state index in [0.717, 1.165) is 0 Å². The van der Waals surface area contributed by atoms with E-state index in [2.05, 4.69) is 23.7 Å². The molecule has 3 nitrogen and oxygen atoms in total. The third-order valence-corrected chi connectivity index (χ3v) is 2.61. The summed E-state index contributed by atoms with van der Waals surface area (Å²) in [6.07, 6.45) is 6.34. The molecule has 3 heteroatoms. The number of ether oxygens (including phenoxy) is 2. The Hall–Kier alpha value is -1.68. The van der Waals surface area contributed by atoms with Crippen molar-refractivity contribution in [2.75, 3.05) is 6.61 Å². The fourth-order valence-electron chi connectivity index (χ4n) is 1.73. The molecule has 2 aliphatic heterocycles. The van der Waals surface area contributed by atoms with Gasteiger partial charge in [-0.05, 0) is 37.3 Å². The van der Waals surface area contributed by atoms with Gasteiger partial charge in [-0.15, -0.1) is 0 Å². The molecule has 1 fully saturated rings. The molecule has 2 heterocycles. The van der Waals surface area contributed by atoms with E-state index in [1.165, 1.54) is 0 Å². The van der Waals surface area contributed by atoms with E-state index >= 15 is 0 Å². The molecular formula is C14H14O3. The molecule has 2 rings (SSSR count). The molecule has 88 valence electrons. The molecule has 0 aromatic carbocycles. The van der Waals surface area contributed by atoms with E-state index in [1.54, 1.807) is 13.0 Å². The topological polar surface area (TPSA) is 38.7 Å². The van der Waals surface area contributed by atoms with E-state index in [0.29, 0.717) is 25.2 Å². The quantitative estimate of drug-likeness (QED) is 0.638. The van der Waals surface area contributed by atoms with Crippen molar-refractivity contribution in [3.05, 3.63) is 24.0 Å². The average molecular weight is 230 g/mol. The zero-order valence-corrected chi connectivity index (χ0v) is 9.69. The zero-order chi connectivity index (χ0) is 12.1. The maximum absolute atomic E-state index is 9.36. The molecule has 0 bridgehead atoms. The molecule has 17 heavy (non-hydrogen) atoms. The van der Waals surface area contributed by atoms with Gasteiger partial charge in [-0.25, -0.2) is 0 Å². The van der Waals surface area contributed by atoms with E-state index in [9.17, 15) is 5.11 Å². The summed E-state index contributed by atoms with van der Waals surface area (Å²) in [5.74, 6) is 10.8. The molecule has 1 N–H and O–H groups in total. The molecule has 2 unspecified atom stereocenters. The Morgan fingerprint density at radius 2 is 2.41 bits per heavy atom. The largest absolute Gasteiger partial charge is 0.458 e. The van der Waals surface area contributed by atoms with Crippen LogP contribution >= 0.6 is 0 Å². The van der Waals surface area contributed by atoms with Gasteiger partial charge in [-0.2, -0.15) is 0 Å². The minimum Gasteiger partial charge on any atom is -0.458 e. The van der Waals surface area contributed by atoms with E-state index in [-0.39, 0.29) is 6.10 Å². The second-order valence-corrected chi connectivity index (χ2v) is 3.94. The summed E-state index contributed by atoms with van der Waals surface area (Å²) in [5, 5.41) is 9.36. The first-order chi connectivity index (χ1) is 8.24. The molecule has 2 aliphatic rings. The van der Waals surface area contributed by atoms with Crippen molar-refractivity contribution in [1.29, 1.82) is 0 Å². The van der Waals surface area contributed by atoms with Crippen LogP contribution in [0.3, 0.4) is 0 Å². The number of hydrogen-bond donors (Lipinski definition) is 1. The summed E-state index contributed by atoms with van der Waals surface area (Å²) in [5.41, 5.74) is 0. The van der Waals surface area contributed by atoms with Crippen LogP contribution in [0.4, 0.5) is 0 Å². The highest BCUT2D eigenvalue weighted by Crippen LogP contribution is 2.34. The highest BCUT2D eigenvalue weighted by Gasteiger charge is 2.39. The Labute approximate surface area is 101 Å². The number of allylic oxidation sites excluding steroid dienone is 2. The van der Waals surface area contributed by atoms with Crippen LogP contribution < -0.4 is 0 Å². The normalized spacial score (nSPS) is 32.6. The maximum Gasteiger partial charge on any atom is 0.231 e. The summed E-state index contributed by atoms with van der Waals surface area (Å²) < 4.78 is 11.2. The first kappa shape index (κ1) is 11.8.